The Morgan fingerprint density at radius 1 is 1.23 bits per heavy atom. The van der Waals surface area contributed by atoms with E-state index in [0.29, 0.717) is 17.8 Å². The normalized spacial score (nSPS) is 10.7. The van der Waals surface area contributed by atoms with Crippen molar-refractivity contribution in [1.29, 1.82) is 0 Å². The molecule has 3 N–H and O–H groups in total. The van der Waals surface area contributed by atoms with Gasteiger partial charge in [-0.1, -0.05) is 24.3 Å². The SMILES string of the molecule is COC(=O)c1cc(N)cc(-c2ccc(Cn3cc(CO)cn3)cc2)c1C. The molecule has 0 aliphatic rings. The van der Waals surface area contributed by atoms with Crippen LogP contribution >= 0.6 is 0 Å². The number of nitrogen functional groups attached to an aromatic ring is 1. The molecule has 6 nitrogen and oxygen atoms in total. The number of hydrogen-bond acceptors (Lipinski definition) is 5. The van der Waals surface area contributed by atoms with E-state index in [2.05, 4.69) is 5.10 Å². The van der Waals surface area contributed by atoms with Gasteiger partial charge in [0.05, 0.1) is 32.0 Å². The fraction of sp³-hybridized carbons (Fsp3) is 0.200. The number of aliphatic hydroxyl groups is 1. The number of benzene rings is 2. The average Bonchev–Trinajstić information content (AvgIpc) is 3.11. The molecule has 6 heteroatoms. The number of aliphatic hydroxyl groups excluding tert-OH is 1. The Bertz CT molecular complexity index is 930. The summed E-state index contributed by atoms with van der Waals surface area (Å²) in [6.45, 7) is 2.48. The summed E-state index contributed by atoms with van der Waals surface area (Å²) >= 11 is 0. The smallest absolute Gasteiger partial charge is 0.338 e. The van der Waals surface area contributed by atoms with E-state index in [-0.39, 0.29) is 6.61 Å². The van der Waals surface area contributed by atoms with Crippen LogP contribution in [-0.2, 0) is 17.9 Å². The lowest BCUT2D eigenvalue weighted by Gasteiger charge is -2.12. The van der Waals surface area contributed by atoms with Gasteiger partial charge in [0.1, 0.15) is 0 Å². The summed E-state index contributed by atoms with van der Waals surface area (Å²) in [6.07, 6.45) is 3.47. The van der Waals surface area contributed by atoms with E-state index in [4.69, 9.17) is 15.6 Å². The zero-order valence-electron chi connectivity index (χ0n) is 14.8. The molecule has 0 bridgehead atoms. The van der Waals surface area contributed by atoms with Crippen molar-refractivity contribution in [3.8, 4) is 11.1 Å². The highest BCUT2D eigenvalue weighted by Gasteiger charge is 2.14. The molecule has 0 radical (unpaired) electrons. The van der Waals surface area contributed by atoms with Crippen LogP contribution in [0, 0.1) is 6.92 Å². The summed E-state index contributed by atoms with van der Waals surface area (Å²) in [6, 6.07) is 11.5. The third-order valence-electron chi connectivity index (χ3n) is 4.31. The van der Waals surface area contributed by atoms with Crippen LogP contribution in [0.1, 0.15) is 27.0 Å². The molecule has 26 heavy (non-hydrogen) atoms. The second kappa shape index (κ2) is 7.41. The van der Waals surface area contributed by atoms with Gasteiger partial charge < -0.3 is 15.6 Å². The Balaban J connectivity index is 1.88. The number of rotatable bonds is 5. The van der Waals surface area contributed by atoms with Gasteiger partial charge in [-0.05, 0) is 41.3 Å². The van der Waals surface area contributed by atoms with Crippen molar-refractivity contribution < 1.29 is 14.6 Å². The van der Waals surface area contributed by atoms with E-state index in [1.54, 1.807) is 16.9 Å². The number of aromatic nitrogens is 2. The molecule has 0 atom stereocenters. The number of carbonyl (C=O) groups is 1. The van der Waals surface area contributed by atoms with Crippen molar-refractivity contribution in [3.63, 3.8) is 0 Å². The molecule has 1 heterocycles. The predicted molar refractivity (Wildman–Crippen MR) is 99.6 cm³/mol. The zero-order chi connectivity index (χ0) is 18.7. The topological polar surface area (TPSA) is 90.4 Å². The maximum atomic E-state index is 11.9. The molecule has 0 saturated heterocycles. The Morgan fingerprint density at radius 3 is 2.58 bits per heavy atom. The van der Waals surface area contributed by atoms with E-state index in [0.717, 1.165) is 27.8 Å². The van der Waals surface area contributed by atoms with Crippen LogP contribution in [0.15, 0.2) is 48.8 Å². The second-order valence-corrected chi connectivity index (χ2v) is 6.13. The van der Waals surface area contributed by atoms with Gasteiger partial charge in [0.2, 0.25) is 0 Å². The lowest BCUT2D eigenvalue weighted by molar-refractivity contribution is 0.0600. The summed E-state index contributed by atoms with van der Waals surface area (Å²) < 4.78 is 6.62. The molecular weight excluding hydrogens is 330 g/mol. The second-order valence-electron chi connectivity index (χ2n) is 6.13. The molecule has 3 rings (SSSR count). The summed E-state index contributed by atoms with van der Waals surface area (Å²) in [5.41, 5.74) is 11.5. The number of carbonyl (C=O) groups excluding carboxylic acids is 1. The molecular formula is C20H21N3O3. The van der Waals surface area contributed by atoms with Crippen molar-refractivity contribution in [2.45, 2.75) is 20.1 Å². The van der Waals surface area contributed by atoms with Crippen LogP contribution in [0.3, 0.4) is 0 Å². The number of nitrogens with two attached hydrogens (primary N) is 1. The summed E-state index contributed by atoms with van der Waals surface area (Å²) in [7, 11) is 1.36. The Hall–Kier alpha value is -3.12. The number of anilines is 1. The number of methoxy groups -OCH3 is 1. The van der Waals surface area contributed by atoms with Gasteiger partial charge in [0, 0.05) is 17.4 Å². The molecule has 0 aliphatic carbocycles. The highest BCUT2D eigenvalue weighted by atomic mass is 16.5. The molecule has 0 fully saturated rings. The number of nitrogens with zero attached hydrogens (tertiary/aromatic N) is 2. The van der Waals surface area contributed by atoms with Crippen LogP contribution in [-0.4, -0.2) is 28.0 Å². The van der Waals surface area contributed by atoms with Crippen molar-refractivity contribution in [2.24, 2.45) is 0 Å². The Labute approximate surface area is 151 Å². The highest BCUT2D eigenvalue weighted by molar-refractivity contribution is 5.95. The predicted octanol–water partition coefficient (Wildman–Crippen LogP) is 2.77. The van der Waals surface area contributed by atoms with Crippen LogP contribution in [0.25, 0.3) is 11.1 Å². The number of esters is 1. The first kappa shape index (κ1) is 17.7. The molecule has 3 aromatic rings. The van der Waals surface area contributed by atoms with Crippen LogP contribution in [0.5, 0.6) is 0 Å². The lowest BCUT2D eigenvalue weighted by Crippen LogP contribution is -2.06. The van der Waals surface area contributed by atoms with E-state index in [9.17, 15) is 4.79 Å². The van der Waals surface area contributed by atoms with Crippen molar-refractivity contribution in [1.82, 2.24) is 9.78 Å². The van der Waals surface area contributed by atoms with Gasteiger partial charge in [0.15, 0.2) is 0 Å². The fourth-order valence-electron chi connectivity index (χ4n) is 2.91. The van der Waals surface area contributed by atoms with Gasteiger partial charge in [-0.25, -0.2) is 4.79 Å². The molecule has 0 spiro atoms. The van der Waals surface area contributed by atoms with Crippen molar-refractivity contribution in [3.05, 3.63) is 71.0 Å². The quantitative estimate of drug-likeness (QED) is 0.545. The summed E-state index contributed by atoms with van der Waals surface area (Å²) in [5, 5.41) is 13.3. The van der Waals surface area contributed by atoms with E-state index in [1.165, 1.54) is 7.11 Å². The van der Waals surface area contributed by atoms with Crippen molar-refractivity contribution >= 4 is 11.7 Å². The minimum absolute atomic E-state index is 0.0177. The molecule has 0 saturated carbocycles. The molecule has 0 unspecified atom stereocenters. The first-order valence-corrected chi connectivity index (χ1v) is 8.21. The third-order valence-corrected chi connectivity index (χ3v) is 4.31. The van der Waals surface area contributed by atoms with Crippen LogP contribution in [0.4, 0.5) is 5.69 Å². The first-order chi connectivity index (χ1) is 12.5. The maximum Gasteiger partial charge on any atom is 0.338 e. The zero-order valence-corrected chi connectivity index (χ0v) is 14.8. The fourth-order valence-corrected chi connectivity index (χ4v) is 2.91. The Kier molecular flexibility index (Phi) is 5.04. The molecule has 0 aliphatic heterocycles. The largest absolute Gasteiger partial charge is 0.465 e. The first-order valence-electron chi connectivity index (χ1n) is 8.21. The van der Waals surface area contributed by atoms with Crippen LogP contribution in [0.2, 0.25) is 0 Å². The highest BCUT2D eigenvalue weighted by Crippen LogP contribution is 2.29. The van der Waals surface area contributed by atoms with Crippen LogP contribution < -0.4 is 5.73 Å². The molecule has 2 aromatic carbocycles. The molecule has 0 amide bonds. The lowest BCUT2D eigenvalue weighted by atomic mass is 9.95. The molecule has 1 aromatic heterocycles. The van der Waals surface area contributed by atoms with Gasteiger partial charge in [-0.2, -0.15) is 5.10 Å². The minimum atomic E-state index is -0.397. The van der Waals surface area contributed by atoms with Gasteiger partial charge >= 0.3 is 5.97 Å². The maximum absolute atomic E-state index is 11.9. The van der Waals surface area contributed by atoms with Crippen molar-refractivity contribution in [2.75, 3.05) is 12.8 Å². The minimum Gasteiger partial charge on any atom is -0.465 e. The standard InChI is InChI=1S/C20H21N3O3/c1-13-18(7-17(21)8-19(13)20(25)26-2)16-5-3-14(4-6-16)10-23-11-15(12-24)9-22-23/h3-9,11,24H,10,12,21H2,1-2H3. The number of hydrogen-bond donors (Lipinski definition) is 2. The summed E-state index contributed by atoms with van der Waals surface area (Å²) in [4.78, 5) is 11.9. The van der Waals surface area contributed by atoms with Gasteiger partial charge in [0.25, 0.3) is 0 Å². The molecule has 134 valence electrons. The van der Waals surface area contributed by atoms with Gasteiger partial charge in [-0.3, -0.25) is 4.68 Å². The monoisotopic (exact) mass is 351 g/mol. The van der Waals surface area contributed by atoms with E-state index >= 15 is 0 Å². The van der Waals surface area contributed by atoms with E-state index < -0.39 is 5.97 Å². The van der Waals surface area contributed by atoms with E-state index in [1.807, 2.05) is 43.5 Å². The number of ether oxygens (including phenoxy) is 1. The summed E-state index contributed by atoms with van der Waals surface area (Å²) in [5.74, 6) is -0.397. The Morgan fingerprint density at radius 2 is 1.96 bits per heavy atom. The third kappa shape index (κ3) is 3.60. The average molecular weight is 351 g/mol. The van der Waals surface area contributed by atoms with Gasteiger partial charge in [-0.15, -0.1) is 0 Å².